The van der Waals surface area contributed by atoms with E-state index in [9.17, 15) is 36.6 Å². The first-order valence-corrected chi connectivity index (χ1v) is 11.4. The van der Waals surface area contributed by atoms with Gasteiger partial charge in [0.25, 0.3) is 10.0 Å². The maximum absolute atomic E-state index is 13.3. The summed E-state index contributed by atoms with van der Waals surface area (Å²) in [6, 6.07) is 6.36. The Morgan fingerprint density at radius 1 is 1.22 bits per heavy atom. The van der Waals surface area contributed by atoms with Gasteiger partial charge in [0.1, 0.15) is 0 Å². The standard InChI is InChI=1S/C21H23F3N2O5S/c1-2-13-5-6-14(20(28)29)10-19(13)32(30,31)25-17-11-15(21(22,23)24)7-8-18(17)26-9-3-4-16(27)12-26/h5-8,10-11,16,25,27H,2-4,9,12H2,1H3,(H,28,29). The van der Waals surface area contributed by atoms with Gasteiger partial charge >= 0.3 is 12.1 Å². The lowest BCUT2D eigenvalue weighted by atomic mass is 10.1. The fraction of sp³-hybridized carbons (Fsp3) is 0.381. The number of alkyl halides is 3. The van der Waals surface area contributed by atoms with Gasteiger partial charge in [0, 0.05) is 13.1 Å². The molecular weight excluding hydrogens is 449 g/mol. The second-order valence-electron chi connectivity index (χ2n) is 7.56. The lowest BCUT2D eigenvalue weighted by molar-refractivity contribution is -0.137. The van der Waals surface area contributed by atoms with Crippen LogP contribution in [0.25, 0.3) is 0 Å². The monoisotopic (exact) mass is 472 g/mol. The Kier molecular flexibility index (Phi) is 6.70. The molecule has 174 valence electrons. The Labute approximate surface area is 183 Å². The minimum Gasteiger partial charge on any atom is -0.478 e. The van der Waals surface area contributed by atoms with Crippen molar-refractivity contribution in [2.75, 3.05) is 22.7 Å². The molecule has 2 aromatic carbocycles. The van der Waals surface area contributed by atoms with Gasteiger partial charge in [-0.25, -0.2) is 13.2 Å². The molecule has 0 spiro atoms. The summed E-state index contributed by atoms with van der Waals surface area (Å²) in [5, 5.41) is 19.2. The summed E-state index contributed by atoms with van der Waals surface area (Å²) in [7, 11) is -4.42. The molecule has 11 heteroatoms. The predicted molar refractivity (Wildman–Crippen MR) is 112 cm³/mol. The Morgan fingerprint density at radius 2 is 1.94 bits per heavy atom. The molecule has 1 saturated heterocycles. The van der Waals surface area contributed by atoms with Gasteiger partial charge in [0.2, 0.25) is 0 Å². The molecule has 3 rings (SSSR count). The van der Waals surface area contributed by atoms with Crippen LogP contribution in [0, 0.1) is 0 Å². The van der Waals surface area contributed by atoms with Gasteiger partial charge in [0.15, 0.2) is 0 Å². The first-order valence-electron chi connectivity index (χ1n) is 9.95. The number of anilines is 2. The van der Waals surface area contributed by atoms with E-state index >= 15 is 0 Å². The van der Waals surface area contributed by atoms with E-state index in [1.54, 1.807) is 11.8 Å². The summed E-state index contributed by atoms with van der Waals surface area (Å²) in [5.41, 5.74) is -1.06. The Morgan fingerprint density at radius 3 is 2.53 bits per heavy atom. The van der Waals surface area contributed by atoms with Crippen molar-refractivity contribution in [2.24, 2.45) is 0 Å². The SMILES string of the molecule is CCc1ccc(C(=O)O)cc1S(=O)(=O)Nc1cc(C(F)(F)F)ccc1N1CCCC(O)C1. The van der Waals surface area contributed by atoms with E-state index in [1.165, 1.54) is 18.2 Å². The minimum absolute atomic E-state index is 0.148. The van der Waals surface area contributed by atoms with Crippen LogP contribution < -0.4 is 9.62 Å². The first-order chi connectivity index (χ1) is 14.9. The largest absolute Gasteiger partial charge is 0.478 e. The van der Waals surface area contributed by atoms with E-state index < -0.39 is 33.8 Å². The summed E-state index contributed by atoms with van der Waals surface area (Å²) in [6.07, 6.45) is -3.98. The first kappa shape index (κ1) is 23.9. The van der Waals surface area contributed by atoms with Crippen molar-refractivity contribution in [3.05, 3.63) is 53.1 Å². The van der Waals surface area contributed by atoms with Crippen molar-refractivity contribution < 1.29 is 36.6 Å². The van der Waals surface area contributed by atoms with Crippen LogP contribution in [-0.2, 0) is 22.6 Å². The van der Waals surface area contributed by atoms with Crippen molar-refractivity contribution in [3.8, 4) is 0 Å². The smallest absolute Gasteiger partial charge is 0.416 e. The van der Waals surface area contributed by atoms with Gasteiger partial charge in [-0.3, -0.25) is 4.72 Å². The highest BCUT2D eigenvalue weighted by Crippen LogP contribution is 2.37. The molecule has 1 unspecified atom stereocenters. The number of aliphatic hydroxyl groups excluding tert-OH is 1. The number of carboxylic acid groups (broad SMARTS) is 1. The maximum Gasteiger partial charge on any atom is 0.416 e. The summed E-state index contributed by atoms with van der Waals surface area (Å²) >= 11 is 0. The zero-order chi connectivity index (χ0) is 23.7. The quantitative estimate of drug-likeness (QED) is 0.592. The second kappa shape index (κ2) is 8.99. The summed E-state index contributed by atoms with van der Waals surface area (Å²) < 4.78 is 68.5. The molecule has 0 aromatic heterocycles. The number of aliphatic hydroxyl groups is 1. The number of carboxylic acids is 1. The highest BCUT2D eigenvalue weighted by molar-refractivity contribution is 7.92. The fourth-order valence-corrected chi connectivity index (χ4v) is 5.08. The summed E-state index contributed by atoms with van der Waals surface area (Å²) in [6.45, 7) is 2.26. The van der Waals surface area contributed by atoms with Gasteiger partial charge in [-0.05, 0) is 55.2 Å². The number of carbonyl (C=O) groups is 1. The van der Waals surface area contributed by atoms with Crippen LogP contribution in [0.5, 0.6) is 0 Å². The fourth-order valence-electron chi connectivity index (χ4n) is 3.67. The van der Waals surface area contributed by atoms with Crippen LogP contribution in [0.1, 0.15) is 41.3 Å². The van der Waals surface area contributed by atoms with Crippen molar-refractivity contribution in [3.63, 3.8) is 0 Å². The predicted octanol–water partition coefficient (Wildman–Crippen LogP) is 3.73. The number of halogens is 3. The molecule has 1 aliphatic heterocycles. The number of hydrogen-bond acceptors (Lipinski definition) is 5. The molecule has 1 atom stereocenters. The molecule has 1 fully saturated rings. The van der Waals surface area contributed by atoms with E-state index in [1.807, 2.05) is 0 Å². The van der Waals surface area contributed by atoms with Crippen molar-refractivity contribution in [1.82, 2.24) is 0 Å². The molecule has 0 aliphatic carbocycles. The molecule has 1 aliphatic rings. The van der Waals surface area contributed by atoms with Crippen LogP contribution in [-0.4, -0.2) is 43.8 Å². The molecule has 32 heavy (non-hydrogen) atoms. The highest BCUT2D eigenvalue weighted by Gasteiger charge is 2.33. The Hall–Kier alpha value is -2.79. The van der Waals surface area contributed by atoms with Gasteiger partial charge in [-0.1, -0.05) is 13.0 Å². The number of β-amino-alcohol motifs (C(OH)–C–C–N with tert-alkyl or cyclic N) is 1. The molecule has 7 nitrogen and oxygen atoms in total. The normalized spacial score (nSPS) is 17.3. The van der Waals surface area contributed by atoms with Crippen LogP contribution in [0.15, 0.2) is 41.3 Å². The van der Waals surface area contributed by atoms with Crippen LogP contribution >= 0.6 is 0 Å². The lowest BCUT2D eigenvalue weighted by Crippen LogP contribution is -2.38. The molecule has 1 heterocycles. The number of benzene rings is 2. The number of aromatic carboxylic acids is 1. The van der Waals surface area contributed by atoms with Gasteiger partial charge < -0.3 is 15.1 Å². The van der Waals surface area contributed by atoms with Gasteiger partial charge in [0.05, 0.1) is 33.5 Å². The van der Waals surface area contributed by atoms with E-state index in [0.29, 0.717) is 31.0 Å². The van der Waals surface area contributed by atoms with Crippen LogP contribution in [0.4, 0.5) is 24.5 Å². The van der Waals surface area contributed by atoms with Crippen molar-refractivity contribution >= 4 is 27.4 Å². The molecule has 0 bridgehead atoms. The molecular formula is C21H23F3N2O5S. The van der Waals surface area contributed by atoms with Crippen molar-refractivity contribution in [2.45, 2.75) is 43.4 Å². The topological polar surface area (TPSA) is 107 Å². The molecule has 3 N–H and O–H groups in total. The second-order valence-corrected chi connectivity index (χ2v) is 9.21. The van der Waals surface area contributed by atoms with Crippen LogP contribution in [0.3, 0.4) is 0 Å². The zero-order valence-corrected chi connectivity index (χ0v) is 18.0. The number of nitrogens with zero attached hydrogens (tertiary/aromatic N) is 1. The minimum atomic E-state index is -4.70. The number of nitrogens with one attached hydrogen (secondary N) is 1. The average molecular weight is 472 g/mol. The summed E-state index contributed by atoms with van der Waals surface area (Å²) in [5.74, 6) is -1.33. The molecule has 0 radical (unpaired) electrons. The van der Waals surface area contributed by atoms with Gasteiger partial charge in [-0.2, -0.15) is 13.2 Å². The van der Waals surface area contributed by atoms with E-state index in [-0.39, 0.29) is 34.8 Å². The van der Waals surface area contributed by atoms with Crippen molar-refractivity contribution in [1.29, 1.82) is 0 Å². The molecule has 0 saturated carbocycles. The zero-order valence-electron chi connectivity index (χ0n) is 17.2. The third kappa shape index (κ3) is 5.16. The number of rotatable bonds is 6. The van der Waals surface area contributed by atoms with E-state index in [4.69, 9.17) is 0 Å². The van der Waals surface area contributed by atoms with Crippen LogP contribution in [0.2, 0.25) is 0 Å². The molecule has 2 aromatic rings. The third-order valence-corrected chi connectivity index (χ3v) is 6.74. The summed E-state index contributed by atoms with van der Waals surface area (Å²) in [4.78, 5) is 12.6. The number of sulfonamides is 1. The van der Waals surface area contributed by atoms with Gasteiger partial charge in [-0.15, -0.1) is 0 Å². The Balaban J connectivity index is 2.10. The molecule has 0 amide bonds. The maximum atomic E-state index is 13.3. The van der Waals surface area contributed by atoms with E-state index in [2.05, 4.69) is 4.72 Å². The number of hydrogen-bond donors (Lipinski definition) is 3. The highest BCUT2D eigenvalue weighted by atomic mass is 32.2. The number of piperidine rings is 1. The average Bonchev–Trinajstić information content (AvgIpc) is 2.72. The third-order valence-electron chi connectivity index (χ3n) is 5.29. The Bertz CT molecular complexity index is 1120. The lowest BCUT2D eigenvalue weighted by Gasteiger charge is -2.33. The number of aryl methyl sites for hydroxylation is 1. The van der Waals surface area contributed by atoms with E-state index in [0.717, 1.165) is 12.1 Å².